The predicted molar refractivity (Wildman–Crippen MR) is 95.6 cm³/mol. The van der Waals surface area contributed by atoms with Crippen LogP contribution in [0.15, 0.2) is 65.1 Å². The quantitative estimate of drug-likeness (QED) is 0.594. The third-order valence-electron chi connectivity index (χ3n) is 3.76. The topological polar surface area (TPSA) is 48.7 Å². The highest BCUT2D eigenvalue weighted by Crippen LogP contribution is 2.23. The molecule has 3 aromatic rings. The lowest BCUT2D eigenvalue weighted by Gasteiger charge is -2.06. The number of carbonyl (C=O) groups is 1. The summed E-state index contributed by atoms with van der Waals surface area (Å²) in [7, 11) is 0. The summed E-state index contributed by atoms with van der Waals surface area (Å²) in [4.78, 5) is 11.6. The first-order valence-electron chi connectivity index (χ1n) is 8.21. The fourth-order valence-corrected chi connectivity index (χ4v) is 2.41. The zero-order valence-corrected chi connectivity index (χ0v) is 14.3. The molecule has 0 bridgehead atoms. The van der Waals surface area contributed by atoms with Crippen molar-refractivity contribution in [2.24, 2.45) is 0 Å². The van der Waals surface area contributed by atoms with Crippen LogP contribution in [-0.2, 0) is 11.3 Å². The third kappa shape index (κ3) is 4.29. The Hall–Kier alpha value is -3.01. The number of carbonyl (C=O) groups excluding carboxylic acids is 1. The normalized spacial score (nSPS) is 10.5. The summed E-state index contributed by atoms with van der Waals surface area (Å²) in [5, 5.41) is 0. The molecular formula is C21H20O4. The fourth-order valence-electron chi connectivity index (χ4n) is 2.41. The lowest BCUT2D eigenvalue weighted by molar-refractivity contribution is 0.0486. The average molecular weight is 336 g/mol. The molecule has 0 fully saturated rings. The van der Waals surface area contributed by atoms with Crippen LogP contribution in [0.2, 0.25) is 0 Å². The Balaban J connectivity index is 1.60. The smallest absolute Gasteiger partial charge is 0.374 e. The molecule has 4 heteroatoms. The molecule has 128 valence electrons. The van der Waals surface area contributed by atoms with Gasteiger partial charge in [-0.2, -0.15) is 0 Å². The van der Waals surface area contributed by atoms with Crippen LogP contribution in [0.25, 0.3) is 11.1 Å². The molecule has 0 aliphatic carbocycles. The molecular weight excluding hydrogens is 316 g/mol. The van der Waals surface area contributed by atoms with Gasteiger partial charge < -0.3 is 13.9 Å². The van der Waals surface area contributed by atoms with E-state index in [0.717, 1.165) is 11.3 Å². The van der Waals surface area contributed by atoms with Crippen molar-refractivity contribution >= 4 is 5.97 Å². The number of ether oxygens (including phenoxy) is 2. The van der Waals surface area contributed by atoms with Crippen LogP contribution in [0.3, 0.4) is 0 Å². The molecule has 0 amide bonds. The maximum Gasteiger partial charge on any atom is 0.374 e. The molecule has 0 saturated carbocycles. The van der Waals surface area contributed by atoms with Crippen molar-refractivity contribution in [3.8, 4) is 16.9 Å². The Kier molecular flexibility index (Phi) is 5.19. The molecule has 1 aromatic heterocycles. The maximum atomic E-state index is 11.6. The van der Waals surface area contributed by atoms with Crippen molar-refractivity contribution in [2.45, 2.75) is 20.5 Å². The lowest BCUT2D eigenvalue weighted by Crippen LogP contribution is -2.02. The molecule has 0 N–H and O–H groups in total. The molecule has 3 rings (SSSR count). The molecule has 0 atom stereocenters. The standard InChI is InChI=1S/C21H20O4/c1-3-23-21(22)20-13-12-19(25-20)14-24-18-10-8-17(9-11-18)16-6-4-15(2)5-7-16/h4-13H,3,14H2,1-2H3. The van der Waals surface area contributed by atoms with E-state index in [1.54, 1.807) is 19.1 Å². The number of rotatable bonds is 6. The number of benzene rings is 2. The van der Waals surface area contributed by atoms with E-state index < -0.39 is 5.97 Å². The summed E-state index contributed by atoms with van der Waals surface area (Å²) < 4.78 is 16.0. The molecule has 0 aliphatic rings. The van der Waals surface area contributed by atoms with Gasteiger partial charge in [-0.1, -0.05) is 42.0 Å². The van der Waals surface area contributed by atoms with Crippen molar-refractivity contribution in [1.82, 2.24) is 0 Å². The Morgan fingerprint density at radius 2 is 1.56 bits per heavy atom. The van der Waals surface area contributed by atoms with Crippen LogP contribution >= 0.6 is 0 Å². The Morgan fingerprint density at radius 1 is 0.920 bits per heavy atom. The minimum absolute atomic E-state index is 0.190. The van der Waals surface area contributed by atoms with Gasteiger partial charge in [-0.25, -0.2) is 4.79 Å². The summed E-state index contributed by atoms with van der Waals surface area (Å²) in [5.74, 6) is 1.04. The van der Waals surface area contributed by atoms with E-state index in [1.165, 1.54) is 11.1 Å². The van der Waals surface area contributed by atoms with Gasteiger partial charge in [-0.15, -0.1) is 0 Å². The van der Waals surface area contributed by atoms with Gasteiger partial charge in [0.1, 0.15) is 18.1 Å². The molecule has 4 nitrogen and oxygen atoms in total. The molecule has 0 spiro atoms. The Morgan fingerprint density at radius 3 is 2.20 bits per heavy atom. The third-order valence-corrected chi connectivity index (χ3v) is 3.76. The zero-order valence-electron chi connectivity index (χ0n) is 14.3. The van der Waals surface area contributed by atoms with Gasteiger partial charge in [-0.3, -0.25) is 0 Å². The van der Waals surface area contributed by atoms with Gasteiger partial charge in [0.15, 0.2) is 0 Å². The van der Waals surface area contributed by atoms with Crippen molar-refractivity contribution in [3.63, 3.8) is 0 Å². The first-order chi connectivity index (χ1) is 12.2. The second-order valence-corrected chi connectivity index (χ2v) is 5.67. The number of furan rings is 1. The minimum atomic E-state index is -0.462. The second-order valence-electron chi connectivity index (χ2n) is 5.67. The first kappa shape index (κ1) is 16.8. The van der Waals surface area contributed by atoms with Gasteiger partial charge in [0.2, 0.25) is 5.76 Å². The van der Waals surface area contributed by atoms with Crippen LogP contribution in [0, 0.1) is 6.92 Å². The molecule has 0 aliphatic heterocycles. The molecule has 0 saturated heterocycles. The predicted octanol–water partition coefficient (Wildman–Crippen LogP) is 5.01. The summed E-state index contributed by atoms with van der Waals surface area (Å²) in [6, 6.07) is 19.6. The molecule has 25 heavy (non-hydrogen) atoms. The van der Waals surface area contributed by atoms with Crippen LogP contribution in [0.5, 0.6) is 5.75 Å². The highest BCUT2D eigenvalue weighted by Gasteiger charge is 2.12. The highest BCUT2D eigenvalue weighted by atomic mass is 16.5. The van der Waals surface area contributed by atoms with E-state index >= 15 is 0 Å². The van der Waals surface area contributed by atoms with Crippen molar-refractivity contribution in [1.29, 1.82) is 0 Å². The first-order valence-corrected chi connectivity index (χ1v) is 8.21. The fraction of sp³-hybridized carbons (Fsp3) is 0.190. The van der Waals surface area contributed by atoms with E-state index in [1.807, 2.05) is 24.3 Å². The highest BCUT2D eigenvalue weighted by molar-refractivity contribution is 5.86. The van der Waals surface area contributed by atoms with E-state index in [2.05, 4.69) is 31.2 Å². The monoisotopic (exact) mass is 336 g/mol. The molecule has 2 aromatic carbocycles. The van der Waals surface area contributed by atoms with Crippen LogP contribution in [-0.4, -0.2) is 12.6 Å². The second kappa shape index (κ2) is 7.71. The number of esters is 1. The van der Waals surface area contributed by atoms with Gasteiger partial charge >= 0.3 is 5.97 Å². The minimum Gasteiger partial charge on any atom is -0.486 e. The summed E-state index contributed by atoms with van der Waals surface area (Å²) in [6.45, 7) is 4.40. The van der Waals surface area contributed by atoms with Gasteiger partial charge in [-0.05, 0) is 49.2 Å². The van der Waals surface area contributed by atoms with E-state index in [-0.39, 0.29) is 12.4 Å². The lowest BCUT2D eigenvalue weighted by atomic mass is 10.0. The number of hydrogen-bond donors (Lipinski definition) is 0. The maximum absolute atomic E-state index is 11.6. The largest absolute Gasteiger partial charge is 0.486 e. The number of aryl methyl sites for hydroxylation is 1. The van der Waals surface area contributed by atoms with Crippen LogP contribution < -0.4 is 4.74 Å². The van der Waals surface area contributed by atoms with Crippen LogP contribution in [0.1, 0.15) is 28.8 Å². The van der Waals surface area contributed by atoms with E-state index in [0.29, 0.717) is 12.4 Å². The van der Waals surface area contributed by atoms with Gasteiger partial charge in [0.05, 0.1) is 6.61 Å². The molecule has 0 radical (unpaired) electrons. The van der Waals surface area contributed by atoms with Gasteiger partial charge in [0, 0.05) is 0 Å². The summed E-state index contributed by atoms with van der Waals surface area (Å²) in [6.07, 6.45) is 0. The zero-order chi connectivity index (χ0) is 17.6. The Labute approximate surface area is 147 Å². The van der Waals surface area contributed by atoms with Crippen molar-refractivity contribution in [2.75, 3.05) is 6.61 Å². The number of hydrogen-bond acceptors (Lipinski definition) is 4. The van der Waals surface area contributed by atoms with Gasteiger partial charge in [0.25, 0.3) is 0 Å². The van der Waals surface area contributed by atoms with Crippen molar-refractivity contribution in [3.05, 3.63) is 77.7 Å². The van der Waals surface area contributed by atoms with Crippen LogP contribution in [0.4, 0.5) is 0 Å². The Bertz CT molecular complexity index is 829. The average Bonchev–Trinajstić information content (AvgIpc) is 3.11. The SMILES string of the molecule is CCOC(=O)c1ccc(COc2ccc(-c3ccc(C)cc3)cc2)o1. The molecule has 1 heterocycles. The van der Waals surface area contributed by atoms with E-state index in [9.17, 15) is 4.79 Å². The summed E-state index contributed by atoms with van der Waals surface area (Å²) >= 11 is 0. The van der Waals surface area contributed by atoms with Crippen molar-refractivity contribution < 1.29 is 18.7 Å². The van der Waals surface area contributed by atoms with E-state index in [4.69, 9.17) is 13.9 Å². The summed E-state index contributed by atoms with van der Waals surface area (Å²) in [5.41, 5.74) is 3.54. The molecule has 0 unspecified atom stereocenters.